The lowest BCUT2D eigenvalue weighted by Gasteiger charge is -2.07. The fourth-order valence-electron chi connectivity index (χ4n) is 1.52. The molecular weight excluding hydrogens is 246 g/mol. The minimum atomic E-state index is -1.23. The van der Waals surface area contributed by atoms with Gasteiger partial charge in [0.2, 0.25) is 0 Å². The molecule has 0 aliphatic carbocycles. The van der Waals surface area contributed by atoms with Gasteiger partial charge < -0.3 is 9.84 Å². The number of rotatable bonds is 3. The summed E-state index contributed by atoms with van der Waals surface area (Å²) in [4.78, 5) is 10.7. The Morgan fingerprint density at radius 1 is 1.39 bits per heavy atom. The highest BCUT2D eigenvalue weighted by Gasteiger charge is 2.18. The second-order valence-electron chi connectivity index (χ2n) is 3.44. The molecule has 0 fully saturated rings. The quantitative estimate of drug-likeness (QED) is 0.879. The van der Waals surface area contributed by atoms with Gasteiger partial charge in [0.25, 0.3) is 0 Å². The molecule has 0 aliphatic rings. The molecule has 0 saturated heterocycles. The van der Waals surface area contributed by atoms with Crippen molar-refractivity contribution in [2.24, 2.45) is 0 Å². The van der Waals surface area contributed by atoms with Crippen LogP contribution < -0.4 is 4.74 Å². The van der Waals surface area contributed by atoms with E-state index in [1.807, 2.05) is 0 Å². The van der Waals surface area contributed by atoms with E-state index in [1.165, 1.54) is 7.11 Å². The molecular formula is C11H8F2N2O3. The molecule has 1 aromatic carbocycles. The molecule has 5 nitrogen and oxygen atoms in total. The molecule has 2 aromatic rings. The number of aromatic carboxylic acids is 1. The molecule has 0 amide bonds. The van der Waals surface area contributed by atoms with E-state index in [2.05, 4.69) is 10.2 Å². The molecule has 94 valence electrons. The van der Waals surface area contributed by atoms with Crippen molar-refractivity contribution in [2.75, 3.05) is 7.11 Å². The number of aromatic nitrogens is 2. The molecule has 0 radical (unpaired) electrons. The molecule has 0 spiro atoms. The van der Waals surface area contributed by atoms with E-state index in [-0.39, 0.29) is 22.7 Å². The van der Waals surface area contributed by atoms with Gasteiger partial charge in [0, 0.05) is 12.1 Å². The second-order valence-corrected chi connectivity index (χ2v) is 3.44. The van der Waals surface area contributed by atoms with Crippen LogP contribution in [0.2, 0.25) is 0 Å². The van der Waals surface area contributed by atoms with Gasteiger partial charge in [-0.25, -0.2) is 13.6 Å². The predicted molar refractivity (Wildman–Crippen MR) is 57.5 cm³/mol. The van der Waals surface area contributed by atoms with Crippen LogP contribution in [0.5, 0.6) is 5.75 Å². The van der Waals surface area contributed by atoms with Crippen LogP contribution in [0, 0.1) is 11.6 Å². The van der Waals surface area contributed by atoms with E-state index in [0.29, 0.717) is 6.07 Å². The molecule has 2 rings (SSSR count). The summed E-state index contributed by atoms with van der Waals surface area (Å²) in [5.41, 5.74) is -0.264. The SMILES string of the molecule is COc1cc(F)cc(F)c1-c1cc(C(=O)O)[nH]n1. The minimum Gasteiger partial charge on any atom is -0.496 e. The maximum absolute atomic E-state index is 13.7. The Morgan fingerprint density at radius 3 is 2.67 bits per heavy atom. The van der Waals surface area contributed by atoms with E-state index in [9.17, 15) is 13.6 Å². The van der Waals surface area contributed by atoms with Crippen molar-refractivity contribution in [2.45, 2.75) is 0 Å². The van der Waals surface area contributed by atoms with Crippen molar-refractivity contribution in [1.29, 1.82) is 0 Å². The highest BCUT2D eigenvalue weighted by molar-refractivity contribution is 5.87. The van der Waals surface area contributed by atoms with Gasteiger partial charge in [0.15, 0.2) is 0 Å². The van der Waals surface area contributed by atoms with E-state index < -0.39 is 17.6 Å². The zero-order chi connectivity index (χ0) is 13.3. The van der Waals surface area contributed by atoms with E-state index >= 15 is 0 Å². The Balaban J connectivity index is 2.58. The number of hydrogen-bond acceptors (Lipinski definition) is 3. The zero-order valence-corrected chi connectivity index (χ0v) is 9.20. The van der Waals surface area contributed by atoms with Crippen LogP contribution in [0.25, 0.3) is 11.3 Å². The lowest BCUT2D eigenvalue weighted by Crippen LogP contribution is -1.95. The molecule has 0 bridgehead atoms. The lowest BCUT2D eigenvalue weighted by atomic mass is 10.1. The monoisotopic (exact) mass is 254 g/mol. The lowest BCUT2D eigenvalue weighted by molar-refractivity contribution is 0.0690. The Kier molecular flexibility index (Phi) is 2.97. The van der Waals surface area contributed by atoms with Crippen molar-refractivity contribution in [3.63, 3.8) is 0 Å². The fourth-order valence-corrected chi connectivity index (χ4v) is 1.52. The van der Waals surface area contributed by atoms with Crippen molar-refractivity contribution < 1.29 is 23.4 Å². The zero-order valence-electron chi connectivity index (χ0n) is 9.20. The Bertz CT molecular complexity index is 610. The number of hydrogen-bond donors (Lipinski definition) is 2. The van der Waals surface area contributed by atoms with Crippen LogP contribution in [0.3, 0.4) is 0 Å². The van der Waals surface area contributed by atoms with E-state index in [1.54, 1.807) is 0 Å². The van der Waals surface area contributed by atoms with Crippen LogP contribution in [0.4, 0.5) is 8.78 Å². The van der Waals surface area contributed by atoms with E-state index in [0.717, 1.165) is 12.1 Å². The molecule has 0 unspecified atom stereocenters. The summed E-state index contributed by atoms with van der Waals surface area (Å²) in [6, 6.07) is 2.81. The topological polar surface area (TPSA) is 75.2 Å². The fraction of sp³-hybridized carbons (Fsp3) is 0.0909. The number of aromatic amines is 1. The number of nitrogens with zero attached hydrogens (tertiary/aromatic N) is 1. The Morgan fingerprint density at radius 2 is 2.11 bits per heavy atom. The molecule has 18 heavy (non-hydrogen) atoms. The van der Waals surface area contributed by atoms with Gasteiger partial charge in [-0.1, -0.05) is 0 Å². The number of carbonyl (C=O) groups is 1. The predicted octanol–water partition coefficient (Wildman–Crippen LogP) is 2.06. The average molecular weight is 254 g/mol. The van der Waals surface area contributed by atoms with Crippen molar-refractivity contribution in [1.82, 2.24) is 10.2 Å². The van der Waals surface area contributed by atoms with Gasteiger partial charge in [-0.05, 0) is 6.07 Å². The summed E-state index contributed by atoms with van der Waals surface area (Å²) in [7, 11) is 1.25. The highest BCUT2D eigenvalue weighted by Crippen LogP contribution is 2.32. The maximum Gasteiger partial charge on any atom is 0.353 e. The Hall–Kier alpha value is -2.44. The molecule has 0 saturated carbocycles. The highest BCUT2D eigenvalue weighted by atomic mass is 19.1. The van der Waals surface area contributed by atoms with Gasteiger partial charge in [-0.2, -0.15) is 5.10 Å². The molecule has 1 heterocycles. The number of carboxylic acids is 1. The summed E-state index contributed by atoms with van der Waals surface area (Å²) in [6.07, 6.45) is 0. The van der Waals surface area contributed by atoms with Gasteiger partial charge in [0.05, 0.1) is 18.4 Å². The summed E-state index contributed by atoms with van der Waals surface area (Å²) in [6.45, 7) is 0. The van der Waals surface area contributed by atoms with Crippen molar-refractivity contribution in [3.8, 4) is 17.0 Å². The summed E-state index contributed by atoms with van der Waals surface area (Å²) < 4.78 is 31.5. The van der Waals surface area contributed by atoms with Gasteiger partial charge in [-0.15, -0.1) is 0 Å². The maximum atomic E-state index is 13.7. The average Bonchev–Trinajstić information content (AvgIpc) is 2.77. The van der Waals surface area contributed by atoms with Crippen molar-refractivity contribution >= 4 is 5.97 Å². The molecule has 0 aliphatic heterocycles. The van der Waals surface area contributed by atoms with Crippen LogP contribution in [-0.4, -0.2) is 28.4 Å². The molecule has 7 heteroatoms. The van der Waals surface area contributed by atoms with Crippen LogP contribution in [0.1, 0.15) is 10.5 Å². The third kappa shape index (κ3) is 2.02. The van der Waals surface area contributed by atoms with Gasteiger partial charge in [0.1, 0.15) is 23.1 Å². The van der Waals surface area contributed by atoms with Gasteiger partial charge >= 0.3 is 5.97 Å². The number of H-pyrrole nitrogens is 1. The first kappa shape index (κ1) is 12.0. The van der Waals surface area contributed by atoms with Crippen LogP contribution in [0.15, 0.2) is 18.2 Å². The molecule has 2 N–H and O–H groups in total. The minimum absolute atomic E-state index is 0.0294. The number of benzene rings is 1. The smallest absolute Gasteiger partial charge is 0.353 e. The molecule has 0 atom stereocenters. The standard InChI is InChI=1S/C11H8F2N2O3/c1-18-9-3-5(12)2-6(13)10(9)7-4-8(11(16)17)15-14-7/h2-4H,1H3,(H,14,15)(H,16,17). The summed E-state index contributed by atoms with van der Waals surface area (Å²) in [5.74, 6) is -2.96. The summed E-state index contributed by atoms with van der Waals surface area (Å²) in [5, 5.41) is 14.6. The number of methoxy groups -OCH3 is 1. The van der Waals surface area contributed by atoms with Crippen molar-refractivity contribution in [3.05, 3.63) is 35.5 Å². The first-order valence-electron chi connectivity index (χ1n) is 4.85. The third-order valence-corrected chi connectivity index (χ3v) is 2.30. The summed E-state index contributed by atoms with van der Waals surface area (Å²) >= 11 is 0. The van der Waals surface area contributed by atoms with Crippen LogP contribution >= 0.6 is 0 Å². The molecule has 1 aromatic heterocycles. The number of halogens is 2. The number of ether oxygens (including phenoxy) is 1. The normalized spacial score (nSPS) is 10.4. The number of carboxylic acid groups (broad SMARTS) is 1. The Labute approximate surface area is 100 Å². The third-order valence-electron chi connectivity index (χ3n) is 2.30. The first-order valence-corrected chi connectivity index (χ1v) is 4.85. The van der Waals surface area contributed by atoms with Gasteiger partial charge in [-0.3, -0.25) is 5.10 Å². The van der Waals surface area contributed by atoms with E-state index in [4.69, 9.17) is 9.84 Å². The number of nitrogens with one attached hydrogen (secondary N) is 1. The largest absolute Gasteiger partial charge is 0.496 e. The first-order chi connectivity index (χ1) is 8.52. The van der Waals surface area contributed by atoms with Crippen LogP contribution in [-0.2, 0) is 0 Å². The second kappa shape index (κ2) is 4.44.